The summed E-state index contributed by atoms with van der Waals surface area (Å²) in [5.74, 6) is -0.606. The summed E-state index contributed by atoms with van der Waals surface area (Å²) in [4.78, 5) is 38.8. The van der Waals surface area contributed by atoms with Crippen LogP contribution < -0.4 is 20.9 Å². The molecule has 0 atom stereocenters. The molecular formula is C25H26N4O3. The highest BCUT2D eigenvalue weighted by Gasteiger charge is 2.16. The van der Waals surface area contributed by atoms with E-state index in [1.807, 2.05) is 37.3 Å². The molecule has 3 amide bonds. The molecule has 7 nitrogen and oxygen atoms in total. The number of hydrogen-bond donors (Lipinski definition) is 3. The van der Waals surface area contributed by atoms with Gasteiger partial charge in [0.15, 0.2) is 0 Å². The van der Waals surface area contributed by atoms with Crippen LogP contribution in [0.25, 0.3) is 0 Å². The predicted octanol–water partition coefficient (Wildman–Crippen LogP) is 3.76. The number of para-hydroxylation sites is 1. The van der Waals surface area contributed by atoms with Gasteiger partial charge in [-0.2, -0.15) is 0 Å². The van der Waals surface area contributed by atoms with Crippen LogP contribution in [0.5, 0.6) is 0 Å². The van der Waals surface area contributed by atoms with E-state index in [9.17, 15) is 14.4 Å². The highest BCUT2D eigenvalue weighted by molar-refractivity contribution is 6.06. The fraction of sp³-hybridized carbons (Fsp3) is 0.160. The first kappa shape index (κ1) is 22.6. The Labute approximate surface area is 187 Å². The third-order valence-corrected chi connectivity index (χ3v) is 4.83. The van der Waals surface area contributed by atoms with Crippen molar-refractivity contribution in [2.24, 2.45) is 0 Å². The molecule has 3 N–H and O–H groups in total. The van der Waals surface area contributed by atoms with Crippen molar-refractivity contribution in [3.8, 4) is 0 Å². The van der Waals surface area contributed by atoms with Gasteiger partial charge >= 0.3 is 0 Å². The molecule has 0 unspecified atom stereocenters. The second-order valence-electron chi connectivity index (χ2n) is 7.03. The zero-order valence-corrected chi connectivity index (χ0v) is 18.1. The summed E-state index contributed by atoms with van der Waals surface area (Å²) in [6, 6.07) is 23.3. The van der Waals surface area contributed by atoms with E-state index in [1.54, 1.807) is 60.5 Å². The van der Waals surface area contributed by atoms with Gasteiger partial charge in [0, 0.05) is 41.8 Å². The molecule has 164 valence electrons. The zero-order valence-electron chi connectivity index (χ0n) is 18.1. The molecule has 0 aliphatic heterocycles. The second-order valence-corrected chi connectivity index (χ2v) is 7.03. The van der Waals surface area contributed by atoms with E-state index in [1.165, 1.54) is 0 Å². The van der Waals surface area contributed by atoms with Crippen molar-refractivity contribution in [3.05, 3.63) is 90.0 Å². The zero-order chi connectivity index (χ0) is 22.9. The first-order chi connectivity index (χ1) is 15.5. The Morgan fingerprint density at radius 2 is 1.47 bits per heavy atom. The maximum Gasteiger partial charge on any atom is 0.258 e. The molecule has 32 heavy (non-hydrogen) atoms. The van der Waals surface area contributed by atoms with Gasteiger partial charge < -0.3 is 20.9 Å². The van der Waals surface area contributed by atoms with Crippen LogP contribution in [-0.2, 0) is 4.79 Å². The highest BCUT2D eigenvalue weighted by atomic mass is 16.2. The molecule has 0 bridgehead atoms. The van der Waals surface area contributed by atoms with Crippen LogP contribution in [0.1, 0.15) is 27.6 Å². The summed E-state index contributed by atoms with van der Waals surface area (Å²) in [5, 5.41) is 8.35. The van der Waals surface area contributed by atoms with Crippen molar-refractivity contribution in [2.45, 2.75) is 6.92 Å². The minimum atomic E-state index is -0.268. The molecule has 0 aliphatic carbocycles. The molecule has 3 aromatic rings. The number of amides is 3. The molecule has 0 aliphatic rings. The number of benzene rings is 3. The van der Waals surface area contributed by atoms with Crippen molar-refractivity contribution < 1.29 is 14.4 Å². The van der Waals surface area contributed by atoms with Crippen LogP contribution in [0.4, 0.5) is 17.1 Å². The van der Waals surface area contributed by atoms with Crippen molar-refractivity contribution >= 4 is 34.8 Å². The average molecular weight is 431 g/mol. The quantitative estimate of drug-likeness (QED) is 0.508. The number of rotatable bonds is 8. The fourth-order valence-electron chi connectivity index (χ4n) is 3.24. The Balaban J connectivity index is 1.63. The van der Waals surface area contributed by atoms with Crippen LogP contribution in [0.3, 0.4) is 0 Å². The first-order valence-corrected chi connectivity index (χ1v) is 10.3. The van der Waals surface area contributed by atoms with Crippen molar-refractivity contribution in [3.63, 3.8) is 0 Å². The normalized spacial score (nSPS) is 10.2. The van der Waals surface area contributed by atoms with E-state index >= 15 is 0 Å². The molecule has 0 saturated carbocycles. The molecule has 3 aromatic carbocycles. The van der Waals surface area contributed by atoms with Crippen LogP contribution in [0.15, 0.2) is 78.9 Å². The van der Waals surface area contributed by atoms with E-state index < -0.39 is 0 Å². The summed E-state index contributed by atoms with van der Waals surface area (Å²) in [5.41, 5.74) is 3.01. The second kappa shape index (κ2) is 10.8. The largest absolute Gasteiger partial charge is 0.376 e. The maximum atomic E-state index is 13.0. The number of nitrogens with one attached hydrogen (secondary N) is 3. The minimum Gasteiger partial charge on any atom is -0.376 e. The van der Waals surface area contributed by atoms with Gasteiger partial charge in [0.2, 0.25) is 5.91 Å². The Kier molecular flexibility index (Phi) is 7.59. The summed E-state index contributed by atoms with van der Waals surface area (Å²) in [6.07, 6.45) is 0. The molecule has 0 fully saturated rings. The molecule has 7 heteroatoms. The first-order valence-electron chi connectivity index (χ1n) is 10.3. The van der Waals surface area contributed by atoms with Gasteiger partial charge in [-0.15, -0.1) is 0 Å². The van der Waals surface area contributed by atoms with E-state index in [0.717, 1.165) is 5.69 Å². The van der Waals surface area contributed by atoms with Crippen LogP contribution in [0, 0.1) is 0 Å². The summed E-state index contributed by atoms with van der Waals surface area (Å²) in [6.45, 7) is 2.48. The van der Waals surface area contributed by atoms with Gasteiger partial charge in [0.1, 0.15) is 0 Å². The number of carbonyl (C=O) groups excluding carboxylic acids is 3. The van der Waals surface area contributed by atoms with E-state index in [-0.39, 0.29) is 24.3 Å². The fourth-order valence-corrected chi connectivity index (χ4v) is 3.24. The Morgan fingerprint density at radius 3 is 2.16 bits per heavy atom. The van der Waals surface area contributed by atoms with E-state index in [4.69, 9.17) is 0 Å². The molecule has 3 rings (SSSR count). The van der Waals surface area contributed by atoms with Gasteiger partial charge in [0.05, 0.1) is 6.54 Å². The lowest BCUT2D eigenvalue weighted by atomic mass is 10.1. The Bertz CT molecular complexity index is 1100. The van der Waals surface area contributed by atoms with Crippen LogP contribution in [-0.4, -0.2) is 37.9 Å². The molecule has 0 spiro atoms. The number of nitrogens with zero attached hydrogens (tertiary/aromatic N) is 1. The molecular weight excluding hydrogens is 404 g/mol. The monoisotopic (exact) mass is 430 g/mol. The van der Waals surface area contributed by atoms with Gasteiger partial charge in [-0.3, -0.25) is 14.4 Å². The highest BCUT2D eigenvalue weighted by Crippen LogP contribution is 2.19. The van der Waals surface area contributed by atoms with Gasteiger partial charge in [-0.05, 0) is 55.5 Å². The third kappa shape index (κ3) is 5.72. The standard InChI is InChI=1S/C25H26N4O3/c1-3-29(22-13-5-4-6-14-22)25(32)19-10-8-11-20(16-19)27-17-23(30)28-21-12-7-9-18(15-21)24(31)26-2/h4-16,27H,3,17H2,1-2H3,(H,26,31)(H,28,30). The molecule has 0 saturated heterocycles. The van der Waals surface area contributed by atoms with Crippen LogP contribution in [0.2, 0.25) is 0 Å². The molecule has 0 heterocycles. The van der Waals surface area contributed by atoms with Gasteiger partial charge in [0.25, 0.3) is 11.8 Å². The summed E-state index contributed by atoms with van der Waals surface area (Å²) in [7, 11) is 1.55. The number of anilines is 3. The van der Waals surface area contributed by atoms with Gasteiger partial charge in [-0.25, -0.2) is 0 Å². The minimum absolute atomic E-state index is 0.0119. The molecule has 0 aromatic heterocycles. The number of carbonyl (C=O) groups is 3. The third-order valence-electron chi connectivity index (χ3n) is 4.83. The van der Waals surface area contributed by atoms with Crippen molar-refractivity contribution in [2.75, 3.05) is 35.7 Å². The lowest BCUT2D eigenvalue weighted by Gasteiger charge is -2.21. The van der Waals surface area contributed by atoms with Crippen molar-refractivity contribution in [1.82, 2.24) is 5.32 Å². The summed E-state index contributed by atoms with van der Waals surface area (Å²) >= 11 is 0. The Morgan fingerprint density at radius 1 is 0.812 bits per heavy atom. The Hall–Kier alpha value is -4.13. The number of hydrogen-bond acceptors (Lipinski definition) is 4. The van der Waals surface area contributed by atoms with E-state index in [2.05, 4.69) is 16.0 Å². The molecule has 0 radical (unpaired) electrons. The SMILES string of the molecule is CCN(C(=O)c1cccc(NCC(=O)Nc2cccc(C(=O)NC)c2)c1)c1ccccc1. The maximum absolute atomic E-state index is 13.0. The van der Waals surface area contributed by atoms with Gasteiger partial charge in [-0.1, -0.05) is 30.3 Å². The summed E-state index contributed by atoms with van der Waals surface area (Å²) < 4.78 is 0. The van der Waals surface area contributed by atoms with Crippen LogP contribution >= 0.6 is 0 Å². The van der Waals surface area contributed by atoms with E-state index in [0.29, 0.717) is 29.0 Å². The lowest BCUT2D eigenvalue weighted by Crippen LogP contribution is -2.30. The smallest absolute Gasteiger partial charge is 0.258 e. The van der Waals surface area contributed by atoms with Crippen molar-refractivity contribution in [1.29, 1.82) is 0 Å². The topological polar surface area (TPSA) is 90.5 Å². The predicted molar refractivity (Wildman–Crippen MR) is 127 cm³/mol. The lowest BCUT2D eigenvalue weighted by molar-refractivity contribution is -0.114. The average Bonchev–Trinajstić information content (AvgIpc) is 2.83.